The van der Waals surface area contributed by atoms with Crippen molar-refractivity contribution in [2.75, 3.05) is 11.9 Å². The number of benzene rings is 1. The van der Waals surface area contributed by atoms with Gasteiger partial charge in [0, 0.05) is 11.7 Å². The molecule has 3 amide bonds. The second kappa shape index (κ2) is 4.91. The fraction of sp³-hybridized carbons (Fsp3) is 0.429. The minimum absolute atomic E-state index is 0.104. The highest BCUT2D eigenvalue weighted by Gasteiger charge is 2.26. The smallest absolute Gasteiger partial charge is 0.318 e. The highest BCUT2D eigenvalue weighted by atomic mass is 16.2. The van der Waals surface area contributed by atoms with Crippen molar-refractivity contribution in [1.29, 1.82) is 0 Å². The van der Waals surface area contributed by atoms with Gasteiger partial charge in [0.25, 0.3) is 0 Å². The van der Waals surface area contributed by atoms with Crippen LogP contribution in [0.25, 0.3) is 0 Å². The van der Waals surface area contributed by atoms with Crippen molar-refractivity contribution in [3.8, 4) is 0 Å². The first kappa shape index (κ1) is 12.0. The van der Waals surface area contributed by atoms with Crippen LogP contribution in [-0.2, 0) is 11.3 Å². The van der Waals surface area contributed by atoms with Crippen molar-refractivity contribution >= 4 is 17.6 Å². The van der Waals surface area contributed by atoms with Crippen molar-refractivity contribution < 1.29 is 9.59 Å². The van der Waals surface area contributed by atoms with Crippen LogP contribution >= 0.6 is 0 Å². The van der Waals surface area contributed by atoms with Crippen LogP contribution in [0.4, 0.5) is 10.5 Å². The average Bonchev–Trinajstić information content (AvgIpc) is 2.51. The van der Waals surface area contributed by atoms with E-state index in [9.17, 15) is 9.59 Å². The lowest BCUT2D eigenvalue weighted by Gasteiger charge is -2.29. The van der Waals surface area contributed by atoms with E-state index in [0.29, 0.717) is 6.54 Å². The van der Waals surface area contributed by atoms with Gasteiger partial charge in [0.15, 0.2) is 0 Å². The van der Waals surface area contributed by atoms with E-state index < -0.39 is 0 Å². The molecule has 1 aromatic carbocycles. The molecule has 1 aliphatic carbocycles. The summed E-state index contributed by atoms with van der Waals surface area (Å²) in [6, 6.07) is 7.73. The number of hydrogen-bond donors (Lipinski definition) is 2. The highest BCUT2D eigenvalue weighted by Crippen LogP contribution is 2.22. The van der Waals surface area contributed by atoms with Gasteiger partial charge in [-0.15, -0.1) is 0 Å². The number of urea groups is 1. The summed E-state index contributed by atoms with van der Waals surface area (Å²) in [5.74, 6) is -0.145. The molecule has 19 heavy (non-hydrogen) atoms. The summed E-state index contributed by atoms with van der Waals surface area (Å²) in [7, 11) is 0. The Balaban J connectivity index is 1.75. The van der Waals surface area contributed by atoms with Crippen molar-refractivity contribution in [2.45, 2.75) is 31.8 Å². The van der Waals surface area contributed by atoms with E-state index in [4.69, 9.17) is 0 Å². The lowest BCUT2D eigenvalue weighted by atomic mass is 9.93. The SMILES string of the molecule is O=C1CN(C(=O)NC2CCC2)Cc2ccccc2N1. The first-order valence-electron chi connectivity index (χ1n) is 6.65. The molecule has 100 valence electrons. The summed E-state index contributed by atoms with van der Waals surface area (Å²) in [5.41, 5.74) is 1.77. The maximum absolute atomic E-state index is 12.1. The number of amides is 3. The molecule has 1 fully saturated rings. The van der Waals surface area contributed by atoms with E-state index in [1.807, 2.05) is 24.3 Å². The maximum atomic E-state index is 12.1. The summed E-state index contributed by atoms with van der Waals surface area (Å²) in [5, 5.41) is 5.80. The fourth-order valence-corrected chi connectivity index (χ4v) is 2.37. The molecule has 0 aromatic heterocycles. The Morgan fingerprint density at radius 3 is 2.79 bits per heavy atom. The van der Waals surface area contributed by atoms with Crippen LogP contribution in [-0.4, -0.2) is 29.4 Å². The van der Waals surface area contributed by atoms with Crippen LogP contribution in [0.2, 0.25) is 0 Å². The number of rotatable bonds is 1. The molecular formula is C14H17N3O2. The molecular weight excluding hydrogens is 242 g/mol. The van der Waals surface area contributed by atoms with Crippen molar-refractivity contribution in [3.63, 3.8) is 0 Å². The zero-order chi connectivity index (χ0) is 13.2. The predicted octanol–water partition coefficient (Wildman–Crippen LogP) is 1.70. The van der Waals surface area contributed by atoms with Crippen molar-refractivity contribution in [2.24, 2.45) is 0 Å². The van der Waals surface area contributed by atoms with E-state index in [0.717, 1.165) is 24.1 Å². The van der Waals surface area contributed by atoms with Gasteiger partial charge in [-0.25, -0.2) is 4.79 Å². The minimum atomic E-state index is -0.145. The van der Waals surface area contributed by atoms with Gasteiger partial charge in [-0.1, -0.05) is 18.2 Å². The number of fused-ring (bicyclic) bond motifs is 1. The molecule has 1 aromatic rings. The van der Waals surface area contributed by atoms with Gasteiger partial charge in [-0.05, 0) is 30.9 Å². The Kier molecular flexibility index (Phi) is 3.11. The minimum Gasteiger partial charge on any atom is -0.335 e. The second-order valence-electron chi connectivity index (χ2n) is 5.14. The number of hydrogen-bond acceptors (Lipinski definition) is 2. The predicted molar refractivity (Wildman–Crippen MR) is 71.7 cm³/mol. The molecule has 2 aliphatic rings. The standard InChI is InChI=1S/C14H17N3O2/c18-13-9-17(14(19)15-11-5-3-6-11)8-10-4-1-2-7-12(10)16-13/h1-2,4,7,11H,3,5-6,8-9H2,(H,15,19)(H,16,18). The summed E-state index contributed by atoms with van der Waals surface area (Å²) < 4.78 is 0. The number of carbonyl (C=O) groups is 2. The molecule has 0 bridgehead atoms. The number of para-hydroxylation sites is 1. The van der Waals surface area contributed by atoms with Crippen LogP contribution in [0.3, 0.4) is 0 Å². The van der Waals surface area contributed by atoms with Gasteiger partial charge in [0.1, 0.15) is 6.54 Å². The highest BCUT2D eigenvalue weighted by molar-refractivity contribution is 5.96. The van der Waals surface area contributed by atoms with Gasteiger partial charge < -0.3 is 15.5 Å². The third-order valence-electron chi connectivity index (χ3n) is 3.71. The molecule has 3 rings (SSSR count). The average molecular weight is 259 g/mol. The summed E-state index contributed by atoms with van der Waals surface area (Å²) in [4.78, 5) is 25.5. The van der Waals surface area contributed by atoms with Gasteiger partial charge >= 0.3 is 6.03 Å². The molecule has 0 unspecified atom stereocenters. The van der Waals surface area contributed by atoms with Crippen LogP contribution < -0.4 is 10.6 Å². The van der Waals surface area contributed by atoms with Gasteiger partial charge in [0.05, 0.1) is 6.54 Å². The molecule has 0 atom stereocenters. The Labute approximate surface area is 112 Å². The lowest BCUT2D eigenvalue weighted by molar-refractivity contribution is -0.116. The second-order valence-corrected chi connectivity index (χ2v) is 5.14. The molecule has 0 saturated heterocycles. The number of nitrogens with one attached hydrogen (secondary N) is 2. The Morgan fingerprint density at radius 1 is 1.26 bits per heavy atom. The van der Waals surface area contributed by atoms with E-state index in [1.54, 1.807) is 4.90 Å². The molecule has 5 nitrogen and oxygen atoms in total. The van der Waals surface area contributed by atoms with Crippen LogP contribution in [0.1, 0.15) is 24.8 Å². The first-order valence-corrected chi connectivity index (χ1v) is 6.65. The normalized spacial score (nSPS) is 18.9. The molecule has 1 saturated carbocycles. The van der Waals surface area contributed by atoms with Gasteiger partial charge in [0.2, 0.25) is 5.91 Å². The van der Waals surface area contributed by atoms with E-state index in [-0.39, 0.29) is 24.5 Å². The fourth-order valence-electron chi connectivity index (χ4n) is 2.37. The van der Waals surface area contributed by atoms with E-state index in [1.165, 1.54) is 6.42 Å². The molecule has 1 heterocycles. The zero-order valence-electron chi connectivity index (χ0n) is 10.7. The summed E-state index contributed by atoms with van der Waals surface area (Å²) in [6.07, 6.45) is 3.26. The first-order chi connectivity index (χ1) is 9.22. The van der Waals surface area contributed by atoms with E-state index >= 15 is 0 Å². The van der Waals surface area contributed by atoms with Crippen LogP contribution in [0.15, 0.2) is 24.3 Å². The topological polar surface area (TPSA) is 61.4 Å². The third-order valence-corrected chi connectivity index (χ3v) is 3.71. The number of carbonyl (C=O) groups excluding carboxylic acids is 2. The summed E-state index contributed by atoms with van der Waals surface area (Å²) in [6.45, 7) is 0.570. The largest absolute Gasteiger partial charge is 0.335 e. The van der Waals surface area contributed by atoms with Gasteiger partial charge in [-0.2, -0.15) is 0 Å². The quantitative estimate of drug-likeness (QED) is 0.806. The van der Waals surface area contributed by atoms with Crippen LogP contribution in [0, 0.1) is 0 Å². The Bertz CT molecular complexity index is 511. The van der Waals surface area contributed by atoms with Crippen molar-refractivity contribution in [1.82, 2.24) is 10.2 Å². The Hall–Kier alpha value is -2.04. The molecule has 1 aliphatic heterocycles. The zero-order valence-corrected chi connectivity index (χ0v) is 10.7. The lowest BCUT2D eigenvalue weighted by Crippen LogP contribution is -2.48. The molecule has 0 radical (unpaired) electrons. The third kappa shape index (κ3) is 2.54. The van der Waals surface area contributed by atoms with Crippen LogP contribution in [0.5, 0.6) is 0 Å². The summed E-state index contributed by atoms with van der Waals surface area (Å²) >= 11 is 0. The number of nitrogens with zero attached hydrogens (tertiary/aromatic N) is 1. The monoisotopic (exact) mass is 259 g/mol. The van der Waals surface area contributed by atoms with Crippen molar-refractivity contribution in [3.05, 3.63) is 29.8 Å². The molecule has 5 heteroatoms. The van der Waals surface area contributed by atoms with Gasteiger partial charge in [-0.3, -0.25) is 4.79 Å². The maximum Gasteiger partial charge on any atom is 0.318 e. The number of anilines is 1. The Morgan fingerprint density at radius 2 is 2.05 bits per heavy atom. The van der Waals surface area contributed by atoms with E-state index in [2.05, 4.69) is 10.6 Å². The molecule has 2 N–H and O–H groups in total. The molecule has 0 spiro atoms.